The Balaban J connectivity index is 1.84. The van der Waals surface area contributed by atoms with Crippen LogP contribution in [0.1, 0.15) is 54.4 Å². The summed E-state index contributed by atoms with van der Waals surface area (Å²) in [7, 11) is -4.06. The quantitative estimate of drug-likeness (QED) is 0.346. The molecular formula is C30H39N5O6S. The van der Waals surface area contributed by atoms with E-state index in [1.807, 2.05) is 45.9 Å². The lowest BCUT2D eigenvalue weighted by Gasteiger charge is -2.33. The average molecular weight is 598 g/mol. The Morgan fingerprint density at radius 2 is 1.74 bits per heavy atom. The zero-order valence-corrected chi connectivity index (χ0v) is 25.8. The second kappa shape index (κ2) is 12.6. The molecule has 1 atom stereocenters. The number of amides is 1. The number of aromatic carboxylic acids is 1. The molecule has 0 bridgehead atoms. The van der Waals surface area contributed by atoms with Crippen molar-refractivity contribution < 1.29 is 27.9 Å². The zero-order chi connectivity index (χ0) is 30.8. The number of rotatable bonds is 10. The van der Waals surface area contributed by atoms with Crippen molar-refractivity contribution in [3.8, 4) is 17.3 Å². The van der Waals surface area contributed by atoms with Crippen molar-refractivity contribution in [3.05, 3.63) is 58.8 Å². The van der Waals surface area contributed by atoms with Crippen molar-refractivity contribution >= 4 is 27.6 Å². The van der Waals surface area contributed by atoms with E-state index in [1.165, 1.54) is 21.1 Å². The van der Waals surface area contributed by atoms with Crippen LogP contribution in [0, 0.1) is 26.7 Å². The molecule has 1 amide bonds. The first-order valence-electron chi connectivity index (χ1n) is 14.1. The van der Waals surface area contributed by atoms with Crippen LogP contribution in [-0.4, -0.2) is 77.1 Å². The number of likely N-dealkylation sites (N-methyl/N-ethyl adjacent to an activating group) is 1. The molecule has 1 unspecified atom stereocenters. The SMILES string of the molecule is CCC(C)C(=O)Nc1ccc(Oc2c(C)c(C(=O)O)nn2-c2ccc(C)cc2C)c(S(=O)(=O)N2CCN(CC)CC2)c1. The number of nitrogens with zero attached hydrogens (tertiary/aromatic N) is 4. The molecule has 2 N–H and O–H groups in total. The van der Waals surface area contributed by atoms with Crippen molar-refractivity contribution in [3.63, 3.8) is 0 Å². The third-order valence-corrected chi connectivity index (χ3v) is 9.65. The van der Waals surface area contributed by atoms with Gasteiger partial charge in [-0.05, 0) is 63.6 Å². The van der Waals surface area contributed by atoms with E-state index >= 15 is 0 Å². The number of hydrogen-bond acceptors (Lipinski definition) is 7. The maximum atomic E-state index is 14.1. The number of aryl methyl sites for hydroxylation is 2. The molecule has 1 saturated heterocycles. The Kier molecular flexibility index (Phi) is 9.39. The largest absolute Gasteiger partial charge is 0.476 e. The van der Waals surface area contributed by atoms with Crippen LogP contribution in [0.3, 0.4) is 0 Å². The van der Waals surface area contributed by atoms with Crippen molar-refractivity contribution in [2.24, 2.45) is 5.92 Å². The van der Waals surface area contributed by atoms with Crippen LogP contribution in [0.4, 0.5) is 5.69 Å². The Bertz CT molecular complexity index is 1590. The number of aromatic nitrogens is 2. The van der Waals surface area contributed by atoms with Crippen molar-refractivity contribution in [2.45, 2.75) is 52.9 Å². The molecule has 42 heavy (non-hydrogen) atoms. The summed E-state index contributed by atoms with van der Waals surface area (Å²) in [5.41, 5.74) is 2.82. The predicted octanol–water partition coefficient (Wildman–Crippen LogP) is 4.60. The molecule has 1 aromatic heterocycles. The third-order valence-electron chi connectivity index (χ3n) is 7.73. The van der Waals surface area contributed by atoms with Crippen LogP contribution in [-0.2, 0) is 14.8 Å². The van der Waals surface area contributed by atoms with E-state index in [4.69, 9.17) is 4.74 Å². The van der Waals surface area contributed by atoms with Crippen molar-refractivity contribution in [1.82, 2.24) is 19.0 Å². The molecule has 11 nitrogen and oxygen atoms in total. The summed E-state index contributed by atoms with van der Waals surface area (Å²) in [4.78, 5) is 26.7. The van der Waals surface area contributed by atoms with E-state index in [9.17, 15) is 23.1 Å². The molecule has 3 aromatic rings. The van der Waals surface area contributed by atoms with E-state index in [1.54, 1.807) is 19.9 Å². The summed E-state index contributed by atoms with van der Waals surface area (Å²) in [6.45, 7) is 13.8. The van der Waals surface area contributed by atoms with Gasteiger partial charge in [0.05, 0.1) is 5.69 Å². The molecule has 226 valence electrons. The van der Waals surface area contributed by atoms with Crippen LogP contribution < -0.4 is 10.1 Å². The van der Waals surface area contributed by atoms with Gasteiger partial charge < -0.3 is 20.1 Å². The number of sulfonamides is 1. The number of carboxylic acid groups (broad SMARTS) is 1. The van der Waals surface area contributed by atoms with Gasteiger partial charge in [-0.25, -0.2) is 13.2 Å². The molecule has 0 saturated carbocycles. The number of benzene rings is 2. The van der Waals surface area contributed by atoms with Gasteiger partial charge in [-0.1, -0.05) is 38.5 Å². The lowest BCUT2D eigenvalue weighted by Crippen LogP contribution is -2.48. The van der Waals surface area contributed by atoms with Crippen LogP contribution >= 0.6 is 0 Å². The molecule has 1 aliphatic rings. The first kappa shape index (κ1) is 31.2. The number of nitrogens with one attached hydrogen (secondary N) is 1. The van der Waals surface area contributed by atoms with Gasteiger partial charge in [0, 0.05) is 43.3 Å². The van der Waals surface area contributed by atoms with E-state index < -0.39 is 16.0 Å². The maximum absolute atomic E-state index is 14.1. The van der Waals surface area contributed by atoms with Gasteiger partial charge in [0.25, 0.3) is 0 Å². The molecule has 1 fully saturated rings. The van der Waals surface area contributed by atoms with Crippen molar-refractivity contribution in [2.75, 3.05) is 38.0 Å². The monoisotopic (exact) mass is 597 g/mol. The van der Waals surface area contributed by atoms with Gasteiger partial charge in [0.2, 0.25) is 21.8 Å². The molecule has 2 aromatic carbocycles. The van der Waals surface area contributed by atoms with Gasteiger partial charge in [-0.15, -0.1) is 0 Å². The fraction of sp³-hybridized carbons (Fsp3) is 0.433. The first-order valence-corrected chi connectivity index (χ1v) is 15.6. The topological polar surface area (TPSA) is 134 Å². The summed E-state index contributed by atoms with van der Waals surface area (Å²) < 4.78 is 37.2. The highest BCUT2D eigenvalue weighted by Gasteiger charge is 2.33. The molecule has 0 spiro atoms. The number of hydrogen-bond donors (Lipinski definition) is 2. The predicted molar refractivity (Wildman–Crippen MR) is 160 cm³/mol. The number of carbonyl (C=O) groups excluding carboxylic acids is 1. The second-order valence-electron chi connectivity index (χ2n) is 10.7. The lowest BCUT2D eigenvalue weighted by molar-refractivity contribution is -0.119. The van der Waals surface area contributed by atoms with Crippen molar-refractivity contribution in [1.29, 1.82) is 0 Å². The summed E-state index contributed by atoms with van der Waals surface area (Å²) in [6, 6.07) is 10.1. The van der Waals surface area contributed by atoms with E-state index in [0.29, 0.717) is 44.0 Å². The smallest absolute Gasteiger partial charge is 0.356 e. The second-order valence-corrected chi connectivity index (χ2v) is 12.6. The van der Waals surface area contributed by atoms with Gasteiger partial charge in [0.1, 0.15) is 10.6 Å². The summed E-state index contributed by atoms with van der Waals surface area (Å²) >= 11 is 0. The molecule has 0 aliphatic carbocycles. The number of ether oxygens (including phenoxy) is 1. The Morgan fingerprint density at radius 1 is 1.05 bits per heavy atom. The minimum absolute atomic E-state index is 0.000383. The van der Waals surface area contributed by atoms with Gasteiger partial charge >= 0.3 is 5.97 Å². The molecular weight excluding hydrogens is 558 g/mol. The summed E-state index contributed by atoms with van der Waals surface area (Å²) in [5, 5.41) is 17.0. The zero-order valence-electron chi connectivity index (χ0n) is 25.0. The third kappa shape index (κ3) is 6.35. The highest BCUT2D eigenvalue weighted by atomic mass is 32.2. The van der Waals surface area contributed by atoms with Crippen LogP contribution in [0.2, 0.25) is 0 Å². The molecule has 0 radical (unpaired) electrons. The average Bonchev–Trinajstić information content (AvgIpc) is 3.28. The molecule has 1 aliphatic heterocycles. The Labute approximate surface area is 247 Å². The Hall–Kier alpha value is -3.74. The number of anilines is 1. The minimum Gasteiger partial charge on any atom is -0.476 e. The maximum Gasteiger partial charge on any atom is 0.356 e. The van der Waals surface area contributed by atoms with Crippen LogP contribution in [0.5, 0.6) is 11.6 Å². The molecule has 2 heterocycles. The van der Waals surface area contributed by atoms with Gasteiger partial charge in [0.15, 0.2) is 5.69 Å². The first-order chi connectivity index (χ1) is 19.9. The fourth-order valence-electron chi connectivity index (χ4n) is 4.86. The number of carbonyl (C=O) groups is 2. The highest BCUT2D eigenvalue weighted by molar-refractivity contribution is 7.89. The number of carboxylic acids is 1. The minimum atomic E-state index is -4.06. The van der Waals surface area contributed by atoms with E-state index in [2.05, 4.69) is 15.3 Å². The summed E-state index contributed by atoms with van der Waals surface area (Å²) in [5.74, 6) is -1.62. The molecule has 4 rings (SSSR count). The van der Waals surface area contributed by atoms with Crippen LogP contribution in [0.25, 0.3) is 5.69 Å². The summed E-state index contributed by atoms with van der Waals surface area (Å²) in [6.07, 6.45) is 0.632. The normalized spacial score (nSPS) is 15.4. The fourth-order valence-corrected chi connectivity index (χ4v) is 6.42. The van der Waals surface area contributed by atoms with E-state index in [0.717, 1.165) is 17.7 Å². The van der Waals surface area contributed by atoms with Gasteiger partial charge in [-0.3, -0.25) is 4.79 Å². The van der Waals surface area contributed by atoms with Crippen LogP contribution in [0.15, 0.2) is 41.3 Å². The van der Waals surface area contributed by atoms with Gasteiger partial charge in [-0.2, -0.15) is 14.1 Å². The Morgan fingerprint density at radius 3 is 2.33 bits per heavy atom. The molecule has 12 heteroatoms. The number of piperazine rings is 1. The lowest BCUT2D eigenvalue weighted by atomic mass is 10.1. The highest BCUT2D eigenvalue weighted by Crippen LogP contribution is 2.37. The standard InChI is InChI=1S/C30H39N5O6S/c1-7-20(4)28(36)31-23-10-12-25(26(18-23)42(39,40)34-15-13-33(8-2)14-16-34)41-29-22(6)27(30(37)38)32-35(29)24-11-9-19(3)17-21(24)5/h9-12,17-18,20H,7-8,13-16H2,1-6H3,(H,31,36)(H,37,38). The van der Waals surface area contributed by atoms with E-state index in [-0.39, 0.29) is 39.6 Å².